The predicted octanol–water partition coefficient (Wildman–Crippen LogP) is 4.80. The Bertz CT molecular complexity index is 920. The molecule has 6 nitrogen and oxygen atoms in total. The molecule has 3 aromatic rings. The molecule has 0 unspecified atom stereocenters. The Morgan fingerprint density at radius 3 is 2.79 bits per heavy atom. The second kappa shape index (κ2) is 8.17. The Balaban J connectivity index is 1.48. The molecule has 0 saturated heterocycles. The van der Waals surface area contributed by atoms with E-state index in [2.05, 4.69) is 56.2 Å². The van der Waals surface area contributed by atoms with Gasteiger partial charge in [-0.25, -0.2) is 9.97 Å². The van der Waals surface area contributed by atoms with E-state index >= 15 is 0 Å². The van der Waals surface area contributed by atoms with Gasteiger partial charge in [0.25, 0.3) is 0 Å². The van der Waals surface area contributed by atoms with E-state index in [0.717, 1.165) is 41.4 Å². The molecular formula is C21H31N5OSi. The van der Waals surface area contributed by atoms with Gasteiger partial charge in [0.2, 0.25) is 0 Å². The van der Waals surface area contributed by atoms with E-state index < -0.39 is 8.07 Å². The number of hydrogen-bond donors (Lipinski definition) is 0. The van der Waals surface area contributed by atoms with Gasteiger partial charge >= 0.3 is 0 Å². The van der Waals surface area contributed by atoms with Crippen LogP contribution in [0.4, 0.5) is 0 Å². The molecular weight excluding hydrogens is 366 g/mol. The topological polar surface area (TPSA) is 57.8 Å². The SMILES string of the molecule is C[Si](C)(C)CCOCn1ccc2c(-c3cnn(CC4CCCC4)c3)ncnc21. The zero-order valence-electron chi connectivity index (χ0n) is 17.3. The van der Waals surface area contributed by atoms with E-state index in [1.54, 1.807) is 6.33 Å². The molecule has 3 aromatic heterocycles. The lowest BCUT2D eigenvalue weighted by Gasteiger charge is -2.15. The molecule has 0 aliphatic heterocycles. The summed E-state index contributed by atoms with van der Waals surface area (Å²) in [5.41, 5.74) is 2.92. The van der Waals surface area contributed by atoms with E-state index in [0.29, 0.717) is 6.73 Å². The maximum absolute atomic E-state index is 5.91. The summed E-state index contributed by atoms with van der Waals surface area (Å²) in [6.45, 7) is 9.46. The van der Waals surface area contributed by atoms with Crippen LogP contribution in [0.15, 0.2) is 31.0 Å². The molecule has 1 aliphatic rings. The fourth-order valence-electron chi connectivity index (χ4n) is 3.92. The fourth-order valence-corrected chi connectivity index (χ4v) is 4.68. The third kappa shape index (κ3) is 4.52. The van der Waals surface area contributed by atoms with Crippen molar-refractivity contribution in [1.82, 2.24) is 24.3 Å². The van der Waals surface area contributed by atoms with Gasteiger partial charge < -0.3 is 9.30 Å². The van der Waals surface area contributed by atoms with Crippen LogP contribution in [0.25, 0.3) is 22.3 Å². The predicted molar refractivity (Wildman–Crippen MR) is 115 cm³/mol. The van der Waals surface area contributed by atoms with Crippen molar-refractivity contribution in [3.8, 4) is 11.3 Å². The first-order valence-electron chi connectivity index (χ1n) is 10.4. The standard InChI is InChI=1S/C21H31N5OSi/c1-28(2,3)11-10-27-16-25-9-8-19-20(22-15-23-21(19)25)18-12-24-26(14-18)13-17-6-4-5-7-17/h8-9,12,14-15,17H,4-7,10-11,13,16H2,1-3H3. The highest BCUT2D eigenvalue weighted by molar-refractivity contribution is 6.76. The number of rotatable bonds is 8. The average molecular weight is 398 g/mol. The normalized spacial score (nSPS) is 15.7. The molecule has 0 spiro atoms. The van der Waals surface area contributed by atoms with Crippen molar-refractivity contribution in [3.05, 3.63) is 31.0 Å². The third-order valence-electron chi connectivity index (χ3n) is 5.61. The Kier molecular flexibility index (Phi) is 5.64. The van der Waals surface area contributed by atoms with Gasteiger partial charge in [0, 0.05) is 44.6 Å². The second-order valence-electron chi connectivity index (χ2n) is 9.19. The van der Waals surface area contributed by atoms with Crippen molar-refractivity contribution in [3.63, 3.8) is 0 Å². The molecule has 7 heteroatoms. The van der Waals surface area contributed by atoms with Crippen LogP contribution in [0.2, 0.25) is 25.7 Å². The van der Waals surface area contributed by atoms with Gasteiger partial charge in [-0.1, -0.05) is 32.5 Å². The highest BCUT2D eigenvalue weighted by atomic mass is 28.3. The molecule has 28 heavy (non-hydrogen) atoms. The Hall–Kier alpha value is -1.99. The molecule has 0 radical (unpaired) electrons. The van der Waals surface area contributed by atoms with Crippen molar-refractivity contribution < 1.29 is 4.74 Å². The van der Waals surface area contributed by atoms with Crippen LogP contribution in [0.3, 0.4) is 0 Å². The number of ether oxygens (including phenoxy) is 1. The van der Waals surface area contributed by atoms with Gasteiger partial charge in [-0.05, 0) is 30.9 Å². The van der Waals surface area contributed by atoms with E-state index in [1.807, 2.05) is 12.4 Å². The van der Waals surface area contributed by atoms with Crippen LogP contribution >= 0.6 is 0 Å². The van der Waals surface area contributed by atoms with E-state index in [9.17, 15) is 0 Å². The van der Waals surface area contributed by atoms with Gasteiger partial charge in [0.1, 0.15) is 18.7 Å². The number of aromatic nitrogens is 5. The summed E-state index contributed by atoms with van der Waals surface area (Å²) in [4.78, 5) is 9.05. The van der Waals surface area contributed by atoms with Gasteiger partial charge in [0.05, 0.1) is 11.9 Å². The Morgan fingerprint density at radius 1 is 1.18 bits per heavy atom. The lowest BCUT2D eigenvalue weighted by Crippen LogP contribution is -2.22. The van der Waals surface area contributed by atoms with Crippen LogP contribution in [0.1, 0.15) is 25.7 Å². The van der Waals surface area contributed by atoms with Crippen LogP contribution in [0.5, 0.6) is 0 Å². The highest BCUT2D eigenvalue weighted by Gasteiger charge is 2.17. The fraction of sp³-hybridized carbons (Fsp3) is 0.571. The molecule has 4 rings (SSSR count). The largest absolute Gasteiger partial charge is 0.361 e. The first-order chi connectivity index (χ1) is 13.5. The summed E-state index contributed by atoms with van der Waals surface area (Å²) in [5, 5.41) is 5.63. The smallest absolute Gasteiger partial charge is 0.145 e. The summed E-state index contributed by atoms with van der Waals surface area (Å²) in [6.07, 6.45) is 13.1. The monoisotopic (exact) mass is 397 g/mol. The molecule has 1 fully saturated rings. The van der Waals surface area contributed by atoms with Crippen LogP contribution in [-0.2, 0) is 18.0 Å². The van der Waals surface area contributed by atoms with Crippen LogP contribution in [-0.4, -0.2) is 39.0 Å². The molecule has 1 aliphatic carbocycles. The lowest BCUT2D eigenvalue weighted by atomic mass is 10.1. The summed E-state index contributed by atoms with van der Waals surface area (Å²) >= 11 is 0. The first-order valence-corrected chi connectivity index (χ1v) is 14.1. The minimum atomic E-state index is -1.07. The van der Waals surface area contributed by atoms with Crippen molar-refractivity contribution in [2.24, 2.45) is 5.92 Å². The molecule has 3 heterocycles. The molecule has 0 aromatic carbocycles. The van der Waals surface area contributed by atoms with Crippen LogP contribution < -0.4 is 0 Å². The minimum absolute atomic E-state index is 0.533. The van der Waals surface area contributed by atoms with Gasteiger partial charge in [-0.3, -0.25) is 4.68 Å². The Morgan fingerprint density at radius 2 is 2.00 bits per heavy atom. The van der Waals surface area contributed by atoms with Gasteiger partial charge in [-0.15, -0.1) is 0 Å². The second-order valence-corrected chi connectivity index (χ2v) is 14.8. The third-order valence-corrected chi connectivity index (χ3v) is 7.31. The summed E-state index contributed by atoms with van der Waals surface area (Å²) in [7, 11) is -1.07. The number of fused-ring (bicyclic) bond motifs is 1. The summed E-state index contributed by atoms with van der Waals surface area (Å²) in [6, 6.07) is 3.26. The lowest BCUT2D eigenvalue weighted by molar-refractivity contribution is 0.0899. The van der Waals surface area contributed by atoms with Crippen molar-refractivity contribution >= 4 is 19.1 Å². The first kappa shape index (κ1) is 19.3. The number of hydrogen-bond acceptors (Lipinski definition) is 4. The molecule has 0 N–H and O–H groups in total. The van der Waals surface area contributed by atoms with Crippen LogP contribution in [0, 0.1) is 5.92 Å². The molecule has 0 bridgehead atoms. The zero-order valence-corrected chi connectivity index (χ0v) is 18.3. The molecule has 1 saturated carbocycles. The Labute approximate surface area is 168 Å². The minimum Gasteiger partial charge on any atom is -0.361 e. The maximum Gasteiger partial charge on any atom is 0.145 e. The molecule has 0 atom stereocenters. The molecule has 0 amide bonds. The van der Waals surface area contributed by atoms with Crippen molar-refractivity contribution in [2.45, 2.75) is 64.6 Å². The summed E-state index contributed by atoms with van der Waals surface area (Å²) in [5.74, 6) is 0.771. The quantitative estimate of drug-likeness (QED) is 0.405. The van der Waals surface area contributed by atoms with E-state index in [1.165, 1.54) is 31.7 Å². The van der Waals surface area contributed by atoms with Gasteiger partial charge in [0.15, 0.2) is 0 Å². The van der Waals surface area contributed by atoms with E-state index in [-0.39, 0.29) is 0 Å². The number of nitrogens with zero attached hydrogens (tertiary/aromatic N) is 5. The zero-order chi connectivity index (χ0) is 19.6. The highest BCUT2D eigenvalue weighted by Crippen LogP contribution is 2.28. The van der Waals surface area contributed by atoms with Crippen molar-refractivity contribution in [1.29, 1.82) is 0 Å². The average Bonchev–Trinajstić information content (AvgIpc) is 3.39. The van der Waals surface area contributed by atoms with Gasteiger partial charge in [-0.2, -0.15) is 5.10 Å². The summed E-state index contributed by atoms with van der Waals surface area (Å²) < 4.78 is 10.0. The molecule has 150 valence electrons. The van der Waals surface area contributed by atoms with E-state index in [4.69, 9.17) is 4.74 Å². The maximum atomic E-state index is 5.91. The van der Waals surface area contributed by atoms with Crippen molar-refractivity contribution in [2.75, 3.05) is 6.61 Å².